The molecule has 2 unspecified atom stereocenters. The second-order valence-corrected chi connectivity index (χ2v) is 2.08. The van der Waals surface area contributed by atoms with E-state index in [-0.39, 0.29) is 6.61 Å². The van der Waals surface area contributed by atoms with E-state index in [0.717, 1.165) is 0 Å². The lowest BCUT2D eigenvalue weighted by molar-refractivity contribution is -0.0987. The van der Waals surface area contributed by atoms with Gasteiger partial charge in [-0.3, -0.25) is 0 Å². The Hall–Kier alpha value is -1.39. The van der Waals surface area contributed by atoms with Crippen LogP contribution in [0.3, 0.4) is 0 Å². The highest BCUT2D eigenvalue weighted by molar-refractivity contribution is 5.61. The predicted octanol–water partition coefficient (Wildman–Crippen LogP) is 0.169. The molecule has 2 aliphatic rings. The first kappa shape index (κ1) is 6.33. The van der Waals surface area contributed by atoms with E-state index in [1.54, 1.807) is 0 Å². The van der Waals surface area contributed by atoms with E-state index in [1.165, 1.54) is 6.26 Å². The zero-order chi connectivity index (χ0) is 7.68. The number of rotatable bonds is 1. The number of carbonyl (C=O) groups excluding carboxylic acids is 1. The zero-order valence-corrected chi connectivity index (χ0v) is 5.48. The summed E-state index contributed by atoms with van der Waals surface area (Å²) >= 11 is 0. The molecule has 11 heavy (non-hydrogen) atoms. The molecule has 2 rings (SSSR count). The summed E-state index contributed by atoms with van der Waals surface area (Å²) in [5, 5.41) is 0. The van der Waals surface area contributed by atoms with Crippen LogP contribution in [0.1, 0.15) is 0 Å². The average molecular weight is 157 g/mol. The van der Waals surface area contributed by atoms with Gasteiger partial charge in [0, 0.05) is 0 Å². The second kappa shape index (κ2) is 2.34. The molecular weight excluding hydrogens is 152 g/mol. The van der Waals surface area contributed by atoms with Gasteiger partial charge < -0.3 is 18.9 Å². The molecule has 1 fully saturated rings. The van der Waals surface area contributed by atoms with Crippen LogP contribution in [0, 0.1) is 6.26 Å². The summed E-state index contributed by atoms with van der Waals surface area (Å²) in [7, 11) is 0. The van der Waals surface area contributed by atoms with Crippen LogP contribution in [0.5, 0.6) is 0 Å². The van der Waals surface area contributed by atoms with Crippen LogP contribution in [0.25, 0.3) is 0 Å². The highest BCUT2D eigenvalue weighted by atomic mass is 16.8. The van der Waals surface area contributed by atoms with Crippen molar-refractivity contribution in [3.63, 3.8) is 0 Å². The molecule has 1 saturated heterocycles. The first-order chi connectivity index (χ1) is 5.36. The largest absolute Gasteiger partial charge is 0.509 e. The molecule has 0 bridgehead atoms. The Bertz CT molecular complexity index is 191. The lowest BCUT2D eigenvalue weighted by atomic mass is 10.4. The molecule has 0 amide bonds. The van der Waals surface area contributed by atoms with Crippen molar-refractivity contribution in [1.82, 2.24) is 0 Å². The van der Waals surface area contributed by atoms with Crippen LogP contribution in [-0.4, -0.2) is 25.2 Å². The van der Waals surface area contributed by atoms with Gasteiger partial charge in [0.1, 0.15) is 12.9 Å². The van der Waals surface area contributed by atoms with Gasteiger partial charge in [0.2, 0.25) is 12.4 Å². The van der Waals surface area contributed by atoms with E-state index in [2.05, 4.69) is 15.7 Å². The van der Waals surface area contributed by atoms with Crippen LogP contribution in [0.2, 0.25) is 0 Å². The predicted molar refractivity (Wildman–Crippen MR) is 30.0 cm³/mol. The third kappa shape index (κ3) is 1.09. The number of hydrogen-bond donors (Lipinski definition) is 0. The third-order valence-corrected chi connectivity index (χ3v) is 1.35. The SMILES string of the molecule is O=C1OCC(C2O[C]=CO2)O1. The summed E-state index contributed by atoms with van der Waals surface area (Å²) in [6.45, 7) is 0.166. The van der Waals surface area contributed by atoms with Crippen molar-refractivity contribution in [3.8, 4) is 0 Å². The standard InChI is InChI=1S/C6H5O5/c7-6-10-3-4(11-6)5-8-1-2-9-5/h1,4-5H,3H2. The molecule has 5 nitrogen and oxygen atoms in total. The fraction of sp³-hybridized carbons (Fsp3) is 0.500. The number of carbonyl (C=O) groups is 1. The summed E-state index contributed by atoms with van der Waals surface area (Å²) in [5.41, 5.74) is 0. The van der Waals surface area contributed by atoms with Gasteiger partial charge in [0.05, 0.1) is 0 Å². The molecule has 0 spiro atoms. The maximum absolute atomic E-state index is 10.4. The van der Waals surface area contributed by atoms with Crippen molar-refractivity contribution in [3.05, 3.63) is 12.5 Å². The summed E-state index contributed by atoms with van der Waals surface area (Å²) in [6.07, 6.45) is 1.88. The molecule has 0 aliphatic carbocycles. The van der Waals surface area contributed by atoms with Crippen molar-refractivity contribution in [1.29, 1.82) is 0 Å². The van der Waals surface area contributed by atoms with Gasteiger partial charge in [-0.1, -0.05) is 0 Å². The van der Waals surface area contributed by atoms with Gasteiger partial charge in [-0.15, -0.1) is 0 Å². The van der Waals surface area contributed by atoms with Crippen LogP contribution >= 0.6 is 0 Å². The Labute approximate surface area is 62.5 Å². The molecule has 0 aromatic rings. The topological polar surface area (TPSA) is 54.0 Å². The van der Waals surface area contributed by atoms with E-state index >= 15 is 0 Å². The molecule has 2 heterocycles. The van der Waals surface area contributed by atoms with Crippen LogP contribution in [-0.2, 0) is 18.9 Å². The summed E-state index contributed by atoms with van der Waals surface area (Å²) in [4.78, 5) is 10.4. The average Bonchev–Trinajstić information content (AvgIpc) is 2.55. The highest BCUT2D eigenvalue weighted by Gasteiger charge is 2.36. The van der Waals surface area contributed by atoms with Gasteiger partial charge in [-0.25, -0.2) is 4.79 Å². The fourth-order valence-electron chi connectivity index (χ4n) is 0.857. The lowest BCUT2D eigenvalue weighted by Gasteiger charge is -2.12. The molecule has 2 aliphatic heterocycles. The van der Waals surface area contributed by atoms with Gasteiger partial charge in [-0.05, 0) is 0 Å². The van der Waals surface area contributed by atoms with E-state index in [4.69, 9.17) is 9.47 Å². The third-order valence-electron chi connectivity index (χ3n) is 1.35. The number of cyclic esters (lactones) is 2. The Kier molecular flexibility index (Phi) is 1.34. The summed E-state index contributed by atoms with van der Waals surface area (Å²) < 4.78 is 18.9. The quantitative estimate of drug-likeness (QED) is 0.508. The van der Waals surface area contributed by atoms with Gasteiger partial charge in [0.25, 0.3) is 6.29 Å². The number of ether oxygens (including phenoxy) is 4. The molecule has 0 aromatic carbocycles. The minimum absolute atomic E-state index is 0.166. The van der Waals surface area contributed by atoms with Gasteiger partial charge >= 0.3 is 6.16 Å². The van der Waals surface area contributed by atoms with Gasteiger partial charge in [0.15, 0.2) is 0 Å². The second-order valence-electron chi connectivity index (χ2n) is 2.08. The molecule has 0 aromatic heterocycles. The molecule has 0 saturated carbocycles. The van der Waals surface area contributed by atoms with Crippen molar-refractivity contribution in [2.24, 2.45) is 0 Å². The fourth-order valence-corrected chi connectivity index (χ4v) is 0.857. The Balaban J connectivity index is 1.91. The smallest absolute Gasteiger partial charge is 0.455 e. The first-order valence-corrected chi connectivity index (χ1v) is 3.08. The normalized spacial score (nSPS) is 29.1. The molecule has 59 valence electrons. The molecular formula is C6H5O5. The van der Waals surface area contributed by atoms with Crippen LogP contribution in [0.15, 0.2) is 6.26 Å². The monoisotopic (exact) mass is 157 g/mol. The Morgan fingerprint density at radius 3 is 3.09 bits per heavy atom. The zero-order valence-electron chi connectivity index (χ0n) is 5.48. The Morgan fingerprint density at radius 1 is 1.64 bits per heavy atom. The van der Waals surface area contributed by atoms with Crippen molar-refractivity contribution in [2.75, 3.05) is 6.61 Å². The Morgan fingerprint density at radius 2 is 2.55 bits per heavy atom. The summed E-state index contributed by atoms with van der Waals surface area (Å²) in [5.74, 6) is 0. The minimum Gasteiger partial charge on any atom is -0.455 e. The van der Waals surface area contributed by atoms with Crippen molar-refractivity contribution >= 4 is 6.16 Å². The minimum atomic E-state index is -0.686. The van der Waals surface area contributed by atoms with Crippen molar-refractivity contribution in [2.45, 2.75) is 12.4 Å². The molecule has 1 radical (unpaired) electrons. The van der Waals surface area contributed by atoms with E-state index in [0.29, 0.717) is 0 Å². The van der Waals surface area contributed by atoms with E-state index in [1.807, 2.05) is 0 Å². The molecule has 5 heteroatoms. The maximum atomic E-state index is 10.4. The highest BCUT2D eigenvalue weighted by Crippen LogP contribution is 2.17. The molecule has 2 atom stereocenters. The van der Waals surface area contributed by atoms with E-state index < -0.39 is 18.5 Å². The van der Waals surface area contributed by atoms with Crippen LogP contribution in [0.4, 0.5) is 4.79 Å². The lowest BCUT2D eigenvalue weighted by Crippen LogP contribution is -2.28. The first-order valence-electron chi connectivity index (χ1n) is 3.08. The van der Waals surface area contributed by atoms with E-state index in [9.17, 15) is 4.79 Å². The van der Waals surface area contributed by atoms with Gasteiger partial charge in [-0.2, -0.15) is 0 Å². The number of hydrogen-bond acceptors (Lipinski definition) is 5. The molecule has 0 N–H and O–H groups in total. The maximum Gasteiger partial charge on any atom is 0.509 e. The summed E-state index contributed by atoms with van der Waals surface area (Å²) in [6, 6.07) is 0. The van der Waals surface area contributed by atoms with Crippen molar-refractivity contribution < 1.29 is 23.7 Å². The van der Waals surface area contributed by atoms with Crippen LogP contribution < -0.4 is 0 Å².